The number of thiocarbonyl (C=S) groups is 1. The third-order valence-electron chi connectivity index (χ3n) is 2.54. The number of thiazole rings is 1. The van der Waals surface area contributed by atoms with Crippen molar-refractivity contribution in [1.82, 2.24) is 4.98 Å². The Morgan fingerprint density at radius 2 is 2.18 bits per heavy atom. The molecule has 0 saturated carbocycles. The molecule has 0 aliphatic rings. The molecule has 0 aliphatic heterocycles. The van der Waals surface area contributed by atoms with Gasteiger partial charge >= 0.3 is 0 Å². The van der Waals surface area contributed by atoms with Gasteiger partial charge in [0.25, 0.3) is 0 Å². The van der Waals surface area contributed by atoms with Gasteiger partial charge in [-0.3, -0.25) is 0 Å². The molecule has 1 aromatic carbocycles. The van der Waals surface area contributed by atoms with Crippen molar-refractivity contribution in [2.75, 3.05) is 5.32 Å². The van der Waals surface area contributed by atoms with Crippen LogP contribution in [0.1, 0.15) is 24.8 Å². The van der Waals surface area contributed by atoms with E-state index in [0.29, 0.717) is 5.92 Å². The largest absolute Gasteiger partial charge is 0.326 e. The summed E-state index contributed by atoms with van der Waals surface area (Å²) in [6.45, 7) is 2.19. The van der Waals surface area contributed by atoms with Gasteiger partial charge in [-0.15, -0.1) is 11.3 Å². The lowest BCUT2D eigenvalue weighted by Gasteiger charge is -2.12. The minimum Gasteiger partial charge on any atom is -0.326 e. The first-order valence-corrected chi connectivity index (χ1v) is 6.79. The van der Waals surface area contributed by atoms with E-state index in [0.717, 1.165) is 16.5 Å². The summed E-state index contributed by atoms with van der Waals surface area (Å²) < 4.78 is 0. The third-order valence-corrected chi connectivity index (χ3v) is 3.50. The second kappa shape index (κ2) is 5.89. The number of anilines is 1. The van der Waals surface area contributed by atoms with Crippen molar-refractivity contribution < 1.29 is 0 Å². The van der Waals surface area contributed by atoms with E-state index in [1.165, 1.54) is 5.56 Å². The highest BCUT2D eigenvalue weighted by Crippen LogP contribution is 2.20. The summed E-state index contributed by atoms with van der Waals surface area (Å²) in [6.07, 6.45) is 2.62. The Kier molecular flexibility index (Phi) is 4.23. The third kappa shape index (κ3) is 3.61. The van der Waals surface area contributed by atoms with Gasteiger partial charge in [0.2, 0.25) is 0 Å². The lowest BCUT2D eigenvalue weighted by molar-refractivity contribution is 0.809. The zero-order valence-electron chi connectivity index (χ0n) is 9.59. The molecule has 1 heterocycles. The molecule has 0 aliphatic carbocycles. The van der Waals surface area contributed by atoms with E-state index >= 15 is 0 Å². The van der Waals surface area contributed by atoms with Gasteiger partial charge in [0, 0.05) is 18.0 Å². The molecule has 0 radical (unpaired) electrons. The van der Waals surface area contributed by atoms with E-state index in [2.05, 4.69) is 41.5 Å². The van der Waals surface area contributed by atoms with Crippen molar-refractivity contribution in [3.63, 3.8) is 0 Å². The predicted molar refractivity (Wildman–Crippen MR) is 77.8 cm³/mol. The molecule has 0 saturated heterocycles. The van der Waals surface area contributed by atoms with Gasteiger partial charge in [-0.05, 0) is 11.5 Å². The topological polar surface area (TPSA) is 24.9 Å². The SMILES string of the molecule is C[C@H](CC(=S)Nc1nccs1)c1ccccc1. The minimum absolute atomic E-state index is 0.427. The predicted octanol–water partition coefficient (Wildman–Crippen LogP) is 4.08. The molecule has 4 heteroatoms. The van der Waals surface area contributed by atoms with Crippen LogP contribution in [0.15, 0.2) is 41.9 Å². The smallest absolute Gasteiger partial charge is 0.187 e. The highest BCUT2D eigenvalue weighted by Gasteiger charge is 2.08. The highest BCUT2D eigenvalue weighted by molar-refractivity contribution is 7.80. The van der Waals surface area contributed by atoms with Crippen LogP contribution in [0.2, 0.25) is 0 Å². The first-order chi connectivity index (χ1) is 8.25. The summed E-state index contributed by atoms with van der Waals surface area (Å²) in [5, 5.41) is 5.97. The Labute approximate surface area is 111 Å². The summed E-state index contributed by atoms with van der Waals surface area (Å²) in [6, 6.07) is 10.4. The van der Waals surface area contributed by atoms with E-state index in [4.69, 9.17) is 12.2 Å². The quantitative estimate of drug-likeness (QED) is 0.841. The zero-order chi connectivity index (χ0) is 12.1. The van der Waals surface area contributed by atoms with Crippen LogP contribution in [0.4, 0.5) is 5.13 Å². The maximum Gasteiger partial charge on any atom is 0.187 e. The van der Waals surface area contributed by atoms with Gasteiger partial charge in [0.1, 0.15) is 0 Å². The minimum atomic E-state index is 0.427. The van der Waals surface area contributed by atoms with Crippen molar-refractivity contribution in [3.05, 3.63) is 47.5 Å². The Morgan fingerprint density at radius 3 is 2.82 bits per heavy atom. The maximum atomic E-state index is 5.33. The molecular formula is C13H14N2S2. The fourth-order valence-corrected chi connectivity index (χ4v) is 2.60. The second-order valence-corrected chi connectivity index (χ2v) is 5.29. The standard InChI is InChI=1S/C13H14N2S2/c1-10(11-5-3-2-4-6-11)9-12(16)15-13-14-7-8-17-13/h2-8,10H,9H2,1H3,(H,14,15,16)/t10-/m1/s1. The molecule has 0 amide bonds. The van der Waals surface area contributed by atoms with E-state index in [1.54, 1.807) is 17.5 Å². The van der Waals surface area contributed by atoms with Crippen LogP contribution in [0.3, 0.4) is 0 Å². The fraction of sp³-hybridized carbons (Fsp3) is 0.231. The Balaban J connectivity index is 1.91. The lowest BCUT2D eigenvalue weighted by Crippen LogP contribution is -2.12. The summed E-state index contributed by atoms with van der Waals surface area (Å²) >= 11 is 6.90. The number of rotatable bonds is 4. The van der Waals surface area contributed by atoms with Gasteiger partial charge in [-0.1, -0.05) is 49.5 Å². The van der Waals surface area contributed by atoms with Gasteiger partial charge in [0.05, 0.1) is 4.99 Å². The van der Waals surface area contributed by atoms with Crippen molar-refractivity contribution >= 4 is 33.7 Å². The second-order valence-electron chi connectivity index (χ2n) is 3.90. The van der Waals surface area contributed by atoms with Crippen LogP contribution in [-0.2, 0) is 0 Å². The van der Waals surface area contributed by atoms with Gasteiger partial charge in [0.15, 0.2) is 5.13 Å². The number of nitrogens with one attached hydrogen (secondary N) is 1. The Hall–Kier alpha value is -1.26. The van der Waals surface area contributed by atoms with Crippen LogP contribution in [-0.4, -0.2) is 9.97 Å². The first kappa shape index (κ1) is 12.2. The van der Waals surface area contributed by atoms with Crippen LogP contribution < -0.4 is 5.32 Å². The van der Waals surface area contributed by atoms with Crippen LogP contribution >= 0.6 is 23.6 Å². The number of aromatic nitrogens is 1. The molecule has 0 bridgehead atoms. The summed E-state index contributed by atoms with van der Waals surface area (Å²) in [5.74, 6) is 0.427. The molecule has 0 fully saturated rings. The maximum absolute atomic E-state index is 5.33. The average molecular weight is 262 g/mol. The van der Waals surface area contributed by atoms with Crippen LogP contribution in [0, 0.1) is 0 Å². The van der Waals surface area contributed by atoms with E-state index in [9.17, 15) is 0 Å². The van der Waals surface area contributed by atoms with Crippen molar-refractivity contribution in [3.8, 4) is 0 Å². The van der Waals surface area contributed by atoms with E-state index in [1.807, 2.05) is 11.4 Å². The van der Waals surface area contributed by atoms with Gasteiger partial charge in [-0.25, -0.2) is 4.98 Å². The van der Waals surface area contributed by atoms with Crippen LogP contribution in [0.25, 0.3) is 0 Å². The van der Waals surface area contributed by atoms with Crippen molar-refractivity contribution in [2.24, 2.45) is 0 Å². The van der Waals surface area contributed by atoms with Crippen molar-refractivity contribution in [2.45, 2.75) is 19.3 Å². The molecule has 1 aromatic heterocycles. The monoisotopic (exact) mass is 262 g/mol. The summed E-state index contributed by atoms with van der Waals surface area (Å²) in [4.78, 5) is 5.00. The number of hydrogen-bond donors (Lipinski definition) is 1. The number of hydrogen-bond acceptors (Lipinski definition) is 3. The molecule has 17 heavy (non-hydrogen) atoms. The number of nitrogens with zero attached hydrogens (tertiary/aromatic N) is 1. The van der Waals surface area contributed by atoms with Gasteiger partial charge in [-0.2, -0.15) is 0 Å². The molecule has 88 valence electrons. The molecule has 0 unspecified atom stereocenters. The normalized spacial score (nSPS) is 12.1. The zero-order valence-corrected chi connectivity index (χ0v) is 11.2. The van der Waals surface area contributed by atoms with E-state index < -0.39 is 0 Å². The lowest BCUT2D eigenvalue weighted by atomic mass is 9.98. The van der Waals surface area contributed by atoms with Gasteiger partial charge < -0.3 is 5.32 Å². The molecule has 2 aromatic rings. The average Bonchev–Trinajstić information content (AvgIpc) is 2.82. The summed E-state index contributed by atoms with van der Waals surface area (Å²) in [5.41, 5.74) is 1.32. The molecule has 0 spiro atoms. The number of benzene rings is 1. The van der Waals surface area contributed by atoms with E-state index in [-0.39, 0.29) is 0 Å². The molecule has 2 nitrogen and oxygen atoms in total. The molecule has 1 atom stereocenters. The first-order valence-electron chi connectivity index (χ1n) is 5.50. The van der Waals surface area contributed by atoms with Crippen LogP contribution in [0.5, 0.6) is 0 Å². The summed E-state index contributed by atoms with van der Waals surface area (Å²) in [7, 11) is 0. The fourth-order valence-electron chi connectivity index (χ4n) is 1.63. The molecular weight excluding hydrogens is 248 g/mol. The Bertz CT molecular complexity index is 465. The van der Waals surface area contributed by atoms with Crippen molar-refractivity contribution in [1.29, 1.82) is 0 Å². The molecule has 2 rings (SSSR count). The Morgan fingerprint density at radius 1 is 1.41 bits per heavy atom. The molecule has 1 N–H and O–H groups in total. The highest BCUT2D eigenvalue weighted by atomic mass is 32.1.